The predicted molar refractivity (Wildman–Crippen MR) is 114 cm³/mol. The van der Waals surface area contributed by atoms with Crippen LogP contribution in [0.25, 0.3) is 0 Å². The van der Waals surface area contributed by atoms with E-state index in [0.29, 0.717) is 28.3 Å². The number of hydrogen-bond donors (Lipinski definition) is 4. The highest BCUT2D eigenvalue weighted by Crippen LogP contribution is 2.26. The van der Waals surface area contributed by atoms with Gasteiger partial charge in [-0.05, 0) is 42.5 Å². The van der Waals surface area contributed by atoms with Gasteiger partial charge in [-0.2, -0.15) is 0 Å². The van der Waals surface area contributed by atoms with Gasteiger partial charge < -0.3 is 26.2 Å². The fourth-order valence-corrected chi connectivity index (χ4v) is 2.81. The molecule has 1 unspecified atom stereocenters. The second kappa shape index (κ2) is 9.88. The van der Waals surface area contributed by atoms with Gasteiger partial charge in [0.15, 0.2) is 0 Å². The largest absolute Gasteiger partial charge is 0.485 e. The molecule has 0 saturated heterocycles. The third-order valence-electron chi connectivity index (χ3n) is 4.20. The van der Waals surface area contributed by atoms with Crippen LogP contribution in [0.5, 0.6) is 5.75 Å². The van der Waals surface area contributed by atoms with Gasteiger partial charge in [-0.1, -0.05) is 12.1 Å². The summed E-state index contributed by atoms with van der Waals surface area (Å²) in [5.74, 6) is -0.974. The highest BCUT2D eigenvalue weighted by molar-refractivity contribution is 6.04. The highest BCUT2D eigenvalue weighted by Gasteiger charge is 2.18. The number of ether oxygens (including phenoxy) is 1. The maximum absolute atomic E-state index is 12.5. The molecule has 2 aromatic carbocycles. The van der Waals surface area contributed by atoms with Crippen LogP contribution in [0.3, 0.4) is 0 Å². The molecule has 0 aliphatic heterocycles. The van der Waals surface area contributed by atoms with Crippen molar-refractivity contribution in [1.29, 1.82) is 0 Å². The Balaban J connectivity index is 1.71. The number of carbonyl (C=O) groups is 3. The van der Waals surface area contributed by atoms with Crippen molar-refractivity contribution in [3.63, 3.8) is 0 Å². The Morgan fingerprint density at radius 3 is 2.42 bits per heavy atom. The first-order chi connectivity index (χ1) is 14.9. The zero-order valence-electron chi connectivity index (χ0n) is 16.3. The smallest absolute Gasteiger partial charge is 0.316 e. The average Bonchev–Trinajstić information content (AvgIpc) is 2.74. The molecule has 0 radical (unpaired) electrons. The molecular formula is C22H20N4O5. The molecular weight excluding hydrogens is 400 g/mol. The van der Waals surface area contributed by atoms with E-state index < -0.39 is 18.1 Å². The molecule has 0 saturated carbocycles. The minimum Gasteiger partial charge on any atom is -0.485 e. The summed E-state index contributed by atoms with van der Waals surface area (Å²) in [5.41, 5.74) is 7.01. The maximum Gasteiger partial charge on any atom is 0.316 e. The molecule has 3 rings (SSSR count). The molecule has 5 N–H and O–H groups in total. The zero-order chi connectivity index (χ0) is 22.2. The van der Waals surface area contributed by atoms with Gasteiger partial charge in [0, 0.05) is 41.0 Å². The lowest BCUT2D eigenvalue weighted by molar-refractivity contribution is -0.138. The summed E-state index contributed by atoms with van der Waals surface area (Å²) in [6, 6.07) is 15.6. The Morgan fingerprint density at radius 2 is 1.77 bits per heavy atom. The van der Waals surface area contributed by atoms with E-state index in [9.17, 15) is 19.5 Å². The van der Waals surface area contributed by atoms with Crippen molar-refractivity contribution in [2.75, 3.05) is 10.6 Å². The molecule has 3 aromatic rings. The quantitative estimate of drug-likeness (QED) is 0.440. The van der Waals surface area contributed by atoms with Crippen molar-refractivity contribution in [3.8, 4) is 5.75 Å². The summed E-state index contributed by atoms with van der Waals surface area (Å²) in [6.45, 7) is 0. The number of aliphatic carboxylic acids is 1. The Hall–Kier alpha value is -4.40. The number of carboxylic acid groups (broad SMARTS) is 1. The van der Waals surface area contributed by atoms with E-state index in [4.69, 9.17) is 10.5 Å². The first kappa shape index (κ1) is 21.3. The lowest BCUT2D eigenvalue weighted by atomic mass is 10.1. The number of nitrogens with one attached hydrogen (secondary N) is 2. The number of primary amides is 1. The Kier molecular flexibility index (Phi) is 6.79. The van der Waals surface area contributed by atoms with Gasteiger partial charge in [0.2, 0.25) is 0 Å². The van der Waals surface area contributed by atoms with Gasteiger partial charge in [-0.15, -0.1) is 0 Å². The number of nitrogens with zero attached hydrogens (tertiary/aromatic N) is 1. The first-order valence-corrected chi connectivity index (χ1v) is 9.27. The van der Waals surface area contributed by atoms with Crippen LogP contribution in [0.2, 0.25) is 0 Å². The fraction of sp³-hybridized carbons (Fsp3) is 0.0909. The number of aromatic nitrogens is 1. The standard InChI is InChI=1S/C22H20N4O5/c23-22(30)26-16-8-6-14(7-9-16)21(29)25-17-4-1-5-18(11-17)31-19(12-20(27)28)15-3-2-10-24-13-15/h1-11,13,19H,12H2,(H,25,29)(H,27,28)(H3,23,26,30). The molecule has 9 nitrogen and oxygen atoms in total. The number of amides is 3. The van der Waals surface area contributed by atoms with Crippen LogP contribution in [0.15, 0.2) is 73.1 Å². The predicted octanol–water partition coefficient (Wildman–Crippen LogP) is 3.42. The second-order valence-corrected chi connectivity index (χ2v) is 6.54. The normalized spacial score (nSPS) is 11.2. The number of nitrogens with two attached hydrogens (primary N) is 1. The summed E-state index contributed by atoms with van der Waals surface area (Å²) in [6.07, 6.45) is 2.17. The van der Waals surface area contributed by atoms with Crippen LogP contribution in [-0.2, 0) is 4.79 Å². The number of anilines is 2. The van der Waals surface area contributed by atoms with Crippen LogP contribution in [0.4, 0.5) is 16.2 Å². The average molecular weight is 420 g/mol. The van der Waals surface area contributed by atoms with Crippen molar-refractivity contribution in [2.45, 2.75) is 12.5 Å². The van der Waals surface area contributed by atoms with Gasteiger partial charge in [0.1, 0.15) is 11.9 Å². The van der Waals surface area contributed by atoms with E-state index >= 15 is 0 Å². The molecule has 1 atom stereocenters. The highest BCUT2D eigenvalue weighted by atomic mass is 16.5. The maximum atomic E-state index is 12.5. The Morgan fingerprint density at radius 1 is 1.00 bits per heavy atom. The molecule has 0 spiro atoms. The minimum absolute atomic E-state index is 0.242. The molecule has 1 heterocycles. The molecule has 158 valence electrons. The van der Waals surface area contributed by atoms with Gasteiger partial charge in [-0.25, -0.2) is 4.79 Å². The van der Waals surface area contributed by atoms with E-state index in [0.717, 1.165) is 0 Å². The molecule has 0 aliphatic rings. The zero-order valence-corrected chi connectivity index (χ0v) is 16.3. The van der Waals surface area contributed by atoms with Gasteiger partial charge in [0.05, 0.1) is 6.42 Å². The number of rotatable bonds is 8. The van der Waals surface area contributed by atoms with Crippen molar-refractivity contribution in [3.05, 3.63) is 84.2 Å². The summed E-state index contributed by atoms with van der Waals surface area (Å²) in [4.78, 5) is 38.6. The van der Waals surface area contributed by atoms with Crippen LogP contribution in [-0.4, -0.2) is 28.0 Å². The van der Waals surface area contributed by atoms with Crippen LogP contribution >= 0.6 is 0 Å². The van der Waals surface area contributed by atoms with E-state index in [1.54, 1.807) is 73.1 Å². The topological polar surface area (TPSA) is 144 Å². The molecule has 1 aromatic heterocycles. The van der Waals surface area contributed by atoms with Crippen LogP contribution < -0.4 is 21.1 Å². The summed E-state index contributed by atoms with van der Waals surface area (Å²) in [7, 11) is 0. The summed E-state index contributed by atoms with van der Waals surface area (Å²) >= 11 is 0. The van der Waals surface area contributed by atoms with Crippen LogP contribution in [0.1, 0.15) is 28.4 Å². The molecule has 9 heteroatoms. The first-order valence-electron chi connectivity index (χ1n) is 9.27. The molecule has 0 fully saturated rings. The monoisotopic (exact) mass is 420 g/mol. The molecule has 31 heavy (non-hydrogen) atoms. The lowest BCUT2D eigenvalue weighted by Crippen LogP contribution is -2.19. The Labute approximate surface area is 177 Å². The SMILES string of the molecule is NC(=O)Nc1ccc(C(=O)Nc2cccc(OC(CC(=O)O)c3cccnc3)c2)cc1. The van der Waals surface area contributed by atoms with Gasteiger partial charge >= 0.3 is 12.0 Å². The van der Waals surface area contributed by atoms with Crippen molar-refractivity contribution >= 4 is 29.3 Å². The summed E-state index contributed by atoms with van der Waals surface area (Å²) in [5, 5.41) is 14.4. The van der Waals surface area contributed by atoms with E-state index in [1.165, 1.54) is 0 Å². The van der Waals surface area contributed by atoms with Crippen molar-refractivity contribution in [1.82, 2.24) is 4.98 Å². The van der Waals surface area contributed by atoms with Crippen LogP contribution in [0, 0.1) is 0 Å². The number of hydrogen-bond acceptors (Lipinski definition) is 5. The second-order valence-electron chi connectivity index (χ2n) is 6.54. The third-order valence-corrected chi connectivity index (χ3v) is 4.20. The fourth-order valence-electron chi connectivity index (χ4n) is 2.81. The van der Waals surface area contributed by atoms with E-state index in [-0.39, 0.29) is 12.3 Å². The molecule has 0 bridgehead atoms. The van der Waals surface area contributed by atoms with E-state index in [2.05, 4.69) is 15.6 Å². The minimum atomic E-state index is -1.01. The summed E-state index contributed by atoms with van der Waals surface area (Å²) < 4.78 is 5.87. The lowest BCUT2D eigenvalue weighted by Gasteiger charge is -2.18. The molecule has 3 amide bonds. The number of benzene rings is 2. The molecule has 0 aliphatic carbocycles. The number of pyridine rings is 1. The van der Waals surface area contributed by atoms with E-state index in [1.807, 2.05) is 0 Å². The third kappa shape index (κ3) is 6.29. The van der Waals surface area contributed by atoms with Crippen molar-refractivity contribution in [2.24, 2.45) is 5.73 Å². The van der Waals surface area contributed by atoms with Gasteiger partial charge in [-0.3, -0.25) is 14.6 Å². The number of carboxylic acids is 1. The Bertz CT molecular complexity index is 1070. The van der Waals surface area contributed by atoms with Crippen molar-refractivity contribution < 1.29 is 24.2 Å². The number of carbonyl (C=O) groups excluding carboxylic acids is 2. The number of urea groups is 1. The van der Waals surface area contributed by atoms with Gasteiger partial charge in [0.25, 0.3) is 5.91 Å².